The van der Waals surface area contributed by atoms with E-state index in [0.29, 0.717) is 0 Å². The van der Waals surface area contributed by atoms with Gasteiger partial charge in [-0.1, -0.05) is 134 Å². The lowest BCUT2D eigenvalue weighted by Gasteiger charge is -2.29. The number of hydrogen-bond acceptors (Lipinski definition) is 0. The zero-order valence-corrected chi connectivity index (χ0v) is 21.5. The highest BCUT2D eigenvalue weighted by Crippen LogP contribution is 2.29. The van der Waals surface area contributed by atoms with Gasteiger partial charge in [-0.2, -0.15) is 0 Å². The van der Waals surface area contributed by atoms with E-state index < -0.39 is 16.1 Å². The molecule has 0 saturated carbocycles. The van der Waals surface area contributed by atoms with Gasteiger partial charge in [0.25, 0.3) is 0 Å². The molecule has 0 radical (unpaired) electrons. The van der Waals surface area contributed by atoms with Crippen LogP contribution in [-0.2, 0) is 0 Å². The molecule has 0 spiro atoms. The SMILES string of the molecule is C[Si]1(c2ccc([Si]3(C)c4ccccc4-c4ccccc43)cc2)c2ccccc2-c2ccccc21. The zero-order chi connectivity index (χ0) is 22.9. The van der Waals surface area contributed by atoms with Gasteiger partial charge in [-0.15, -0.1) is 0 Å². The van der Waals surface area contributed by atoms with Gasteiger partial charge in [-0.25, -0.2) is 0 Å². The summed E-state index contributed by atoms with van der Waals surface area (Å²) >= 11 is 0. The fourth-order valence-corrected chi connectivity index (χ4v) is 14.9. The molecule has 0 amide bonds. The number of fused-ring (bicyclic) bond motifs is 6. The first-order chi connectivity index (χ1) is 16.6. The maximum atomic E-state index is 2.53. The smallest absolute Gasteiger partial charge is 0.0623 e. The molecule has 0 aliphatic carbocycles. The molecule has 0 unspecified atom stereocenters. The zero-order valence-electron chi connectivity index (χ0n) is 19.5. The molecule has 2 heterocycles. The molecule has 0 nitrogen and oxygen atoms in total. The third kappa shape index (κ3) is 2.42. The number of benzene rings is 5. The van der Waals surface area contributed by atoms with Crippen LogP contribution < -0.4 is 31.1 Å². The largest absolute Gasteiger partial charge is 0.147 e. The van der Waals surface area contributed by atoms with Crippen molar-refractivity contribution in [2.24, 2.45) is 0 Å². The average Bonchev–Trinajstić information content (AvgIpc) is 3.33. The summed E-state index contributed by atoms with van der Waals surface area (Å²) in [6, 6.07) is 46.1. The summed E-state index contributed by atoms with van der Waals surface area (Å²) in [6.07, 6.45) is 0. The molecule has 0 atom stereocenters. The lowest BCUT2D eigenvalue weighted by molar-refractivity contribution is 1.71. The monoisotopic (exact) mass is 466 g/mol. The standard InChI is InChI=1S/C32H26Si2/c1-33(29-15-7-3-11-25(29)26-12-4-8-16-30(26)33)23-19-21-24(22-20-23)34(2)31-17-9-5-13-27(31)28-14-6-10-18-32(28)34/h3-22H,1-2H3. The van der Waals surface area contributed by atoms with Crippen LogP contribution in [0.25, 0.3) is 22.3 Å². The van der Waals surface area contributed by atoms with Crippen LogP contribution in [-0.4, -0.2) is 16.1 Å². The Labute approximate surface area is 203 Å². The van der Waals surface area contributed by atoms with Crippen molar-refractivity contribution in [3.05, 3.63) is 121 Å². The van der Waals surface area contributed by atoms with Crippen LogP contribution in [0.2, 0.25) is 13.1 Å². The highest BCUT2D eigenvalue weighted by molar-refractivity contribution is 7.14. The van der Waals surface area contributed by atoms with Gasteiger partial charge in [0.15, 0.2) is 0 Å². The summed E-state index contributed by atoms with van der Waals surface area (Å²) in [5.41, 5.74) is 5.71. The summed E-state index contributed by atoms with van der Waals surface area (Å²) in [5.74, 6) is 0. The summed E-state index contributed by atoms with van der Waals surface area (Å²) < 4.78 is 0. The van der Waals surface area contributed by atoms with E-state index in [9.17, 15) is 0 Å². The molecular formula is C32H26Si2. The molecule has 2 aliphatic rings. The van der Waals surface area contributed by atoms with Gasteiger partial charge in [0.2, 0.25) is 0 Å². The van der Waals surface area contributed by atoms with Crippen LogP contribution in [0.4, 0.5) is 0 Å². The van der Waals surface area contributed by atoms with Crippen molar-refractivity contribution >= 4 is 47.3 Å². The Hall–Kier alpha value is -3.47. The minimum Gasteiger partial charge on any atom is -0.0623 e. The molecule has 162 valence electrons. The average molecular weight is 467 g/mol. The minimum absolute atomic E-state index is 1.43. The van der Waals surface area contributed by atoms with Crippen LogP contribution in [0.3, 0.4) is 0 Å². The molecular weight excluding hydrogens is 441 g/mol. The molecule has 0 aromatic heterocycles. The van der Waals surface area contributed by atoms with E-state index in [-0.39, 0.29) is 0 Å². The van der Waals surface area contributed by atoms with Crippen LogP contribution in [0.1, 0.15) is 0 Å². The molecule has 0 saturated heterocycles. The molecule has 2 heteroatoms. The Balaban J connectivity index is 1.40. The van der Waals surface area contributed by atoms with Gasteiger partial charge in [-0.05, 0) is 53.4 Å². The first kappa shape index (κ1) is 20.0. The van der Waals surface area contributed by atoms with Crippen molar-refractivity contribution in [2.45, 2.75) is 13.1 Å². The van der Waals surface area contributed by atoms with E-state index in [4.69, 9.17) is 0 Å². The Morgan fingerprint density at radius 2 is 0.559 bits per heavy atom. The predicted octanol–water partition coefficient (Wildman–Crippen LogP) is 3.85. The van der Waals surface area contributed by atoms with Gasteiger partial charge < -0.3 is 0 Å². The van der Waals surface area contributed by atoms with Crippen LogP contribution >= 0.6 is 0 Å². The quantitative estimate of drug-likeness (QED) is 0.347. The Bertz CT molecular complexity index is 1370. The fraction of sp³-hybridized carbons (Fsp3) is 0.0625. The number of hydrogen-bond donors (Lipinski definition) is 0. The second kappa shape index (κ2) is 7.02. The van der Waals surface area contributed by atoms with Crippen molar-refractivity contribution in [2.75, 3.05) is 0 Å². The van der Waals surface area contributed by atoms with E-state index >= 15 is 0 Å². The maximum absolute atomic E-state index is 2.53. The first-order valence-electron chi connectivity index (χ1n) is 12.1. The van der Waals surface area contributed by atoms with E-state index in [1.165, 1.54) is 32.6 Å². The summed E-state index contributed by atoms with van der Waals surface area (Å²) in [7, 11) is -4.04. The van der Waals surface area contributed by atoms with E-state index in [1.54, 1.807) is 20.7 Å². The molecule has 5 aromatic rings. The molecule has 0 fully saturated rings. The molecule has 5 aromatic carbocycles. The fourth-order valence-electron chi connectivity index (χ4n) is 6.67. The molecule has 2 aliphatic heterocycles. The van der Waals surface area contributed by atoms with E-state index in [1.807, 2.05) is 0 Å². The Morgan fingerprint density at radius 3 is 0.824 bits per heavy atom. The van der Waals surface area contributed by atoms with E-state index in [0.717, 1.165) is 0 Å². The highest BCUT2D eigenvalue weighted by Gasteiger charge is 2.45. The summed E-state index contributed by atoms with van der Waals surface area (Å²) in [5, 5.41) is 9.19. The molecule has 0 N–H and O–H groups in total. The maximum Gasteiger partial charge on any atom is 0.147 e. The topological polar surface area (TPSA) is 0 Å². The van der Waals surface area contributed by atoms with Gasteiger partial charge in [0.05, 0.1) is 0 Å². The first-order valence-corrected chi connectivity index (χ1v) is 17.1. The molecule has 34 heavy (non-hydrogen) atoms. The van der Waals surface area contributed by atoms with Gasteiger partial charge >= 0.3 is 0 Å². The van der Waals surface area contributed by atoms with Crippen LogP contribution in [0.5, 0.6) is 0 Å². The lowest BCUT2D eigenvalue weighted by Crippen LogP contribution is -2.64. The van der Waals surface area contributed by atoms with E-state index in [2.05, 4.69) is 134 Å². The van der Waals surface area contributed by atoms with Crippen molar-refractivity contribution in [1.82, 2.24) is 0 Å². The summed E-state index contributed by atoms with van der Waals surface area (Å²) in [6.45, 7) is 5.07. The summed E-state index contributed by atoms with van der Waals surface area (Å²) in [4.78, 5) is 0. The molecule has 0 bridgehead atoms. The van der Waals surface area contributed by atoms with Gasteiger partial charge in [0, 0.05) is 0 Å². The van der Waals surface area contributed by atoms with Crippen molar-refractivity contribution in [1.29, 1.82) is 0 Å². The third-order valence-corrected chi connectivity index (χ3v) is 17.5. The van der Waals surface area contributed by atoms with Crippen LogP contribution in [0.15, 0.2) is 121 Å². The molecule has 7 rings (SSSR count). The Kier molecular flexibility index (Phi) is 4.12. The van der Waals surface area contributed by atoms with Gasteiger partial charge in [-0.3, -0.25) is 0 Å². The predicted molar refractivity (Wildman–Crippen MR) is 151 cm³/mol. The second-order valence-electron chi connectivity index (χ2n) is 10.0. The van der Waals surface area contributed by atoms with Crippen molar-refractivity contribution < 1.29 is 0 Å². The van der Waals surface area contributed by atoms with Crippen molar-refractivity contribution in [3.63, 3.8) is 0 Å². The highest BCUT2D eigenvalue weighted by atomic mass is 28.3. The lowest BCUT2D eigenvalue weighted by atomic mass is 10.1. The van der Waals surface area contributed by atoms with Crippen LogP contribution in [0, 0.1) is 0 Å². The number of rotatable bonds is 2. The van der Waals surface area contributed by atoms with Crippen molar-refractivity contribution in [3.8, 4) is 22.3 Å². The minimum atomic E-state index is -2.02. The third-order valence-electron chi connectivity index (χ3n) is 8.48. The second-order valence-corrected chi connectivity index (χ2v) is 17.8. The Morgan fingerprint density at radius 1 is 0.324 bits per heavy atom. The normalized spacial score (nSPS) is 15.8. The van der Waals surface area contributed by atoms with Gasteiger partial charge in [0.1, 0.15) is 16.1 Å².